The van der Waals surface area contributed by atoms with Crippen LogP contribution in [0.25, 0.3) is 16.3 Å². The molecule has 1 saturated carbocycles. The molecular weight excluding hydrogens is 412 g/mol. The third-order valence-electron chi connectivity index (χ3n) is 5.75. The van der Waals surface area contributed by atoms with Gasteiger partial charge in [0.05, 0.1) is 16.9 Å². The van der Waals surface area contributed by atoms with Crippen LogP contribution in [0.4, 0.5) is 8.78 Å². The number of aryl methyl sites for hydroxylation is 1. The molecule has 4 atom stereocenters. The lowest BCUT2D eigenvalue weighted by atomic mass is 9.93. The molecule has 3 fully saturated rings. The number of rotatable bonds is 4. The third kappa shape index (κ3) is 3.54. The third-order valence-corrected chi connectivity index (χ3v) is 6.60. The van der Waals surface area contributed by atoms with Crippen LogP contribution in [-0.2, 0) is 0 Å². The number of nitrogens with one attached hydrogen (secondary N) is 1. The normalized spacial score (nSPS) is 28.4. The predicted molar refractivity (Wildman–Crippen MR) is 108 cm³/mol. The van der Waals surface area contributed by atoms with Gasteiger partial charge in [-0.15, -0.1) is 5.10 Å². The maximum absolute atomic E-state index is 14.8. The van der Waals surface area contributed by atoms with Gasteiger partial charge in [0.1, 0.15) is 17.5 Å². The largest absolute Gasteiger partial charge is 0.507 e. The van der Waals surface area contributed by atoms with Gasteiger partial charge in [0.2, 0.25) is 0 Å². The number of benzene rings is 1. The molecule has 2 aromatic heterocycles. The summed E-state index contributed by atoms with van der Waals surface area (Å²) in [7, 11) is 0. The molecule has 1 aliphatic carbocycles. The summed E-state index contributed by atoms with van der Waals surface area (Å²) < 4.78 is 37.0. The monoisotopic (exact) mass is 433 g/mol. The number of hydrogen-bond donors (Lipinski definition) is 2. The van der Waals surface area contributed by atoms with Crippen LogP contribution in [0.15, 0.2) is 30.5 Å². The van der Waals surface area contributed by atoms with E-state index in [-0.39, 0.29) is 23.9 Å². The van der Waals surface area contributed by atoms with E-state index in [0.717, 1.165) is 17.0 Å². The zero-order valence-electron chi connectivity index (χ0n) is 16.3. The van der Waals surface area contributed by atoms with Gasteiger partial charge >= 0.3 is 0 Å². The van der Waals surface area contributed by atoms with Crippen LogP contribution in [0.5, 0.6) is 10.9 Å². The Labute approximate surface area is 175 Å². The molecule has 1 aromatic carbocycles. The van der Waals surface area contributed by atoms with Crippen LogP contribution in [-0.4, -0.2) is 55.6 Å². The zero-order chi connectivity index (χ0) is 20.9. The van der Waals surface area contributed by atoms with E-state index in [1.807, 2.05) is 19.1 Å². The summed E-state index contributed by atoms with van der Waals surface area (Å²) in [6.45, 7) is 2.03. The maximum Gasteiger partial charge on any atom is 0.294 e. The maximum atomic E-state index is 14.8. The van der Waals surface area contributed by atoms with Crippen LogP contribution >= 0.6 is 11.3 Å². The summed E-state index contributed by atoms with van der Waals surface area (Å²) in [5.41, 5.74) is 0.596. The Morgan fingerprint density at radius 2 is 2.20 bits per heavy atom. The van der Waals surface area contributed by atoms with Crippen LogP contribution in [0, 0.1) is 6.92 Å². The van der Waals surface area contributed by atoms with Crippen molar-refractivity contribution in [2.24, 2.45) is 0 Å². The van der Waals surface area contributed by atoms with Crippen LogP contribution in [0.3, 0.4) is 0 Å². The van der Waals surface area contributed by atoms with Crippen molar-refractivity contribution in [3.8, 4) is 27.2 Å². The van der Waals surface area contributed by atoms with Gasteiger partial charge in [-0.05, 0) is 38.0 Å². The van der Waals surface area contributed by atoms with Crippen molar-refractivity contribution in [2.75, 3.05) is 6.54 Å². The van der Waals surface area contributed by atoms with E-state index in [0.29, 0.717) is 29.1 Å². The van der Waals surface area contributed by atoms with Gasteiger partial charge in [-0.3, -0.25) is 0 Å². The van der Waals surface area contributed by atoms with Gasteiger partial charge in [0.25, 0.3) is 5.19 Å². The zero-order valence-corrected chi connectivity index (χ0v) is 17.1. The number of aromatic nitrogens is 4. The highest BCUT2D eigenvalue weighted by atomic mass is 32.1. The molecule has 158 valence electrons. The van der Waals surface area contributed by atoms with E-state index in [2.05, 4.69) is 20.6 Å². The first kappa shape index (κ1) is 19.4. The number of hydrogen-bond acceptors (Lipinski definition) is 7. The van der Waals surface area contributed by atoms with Crippen molar-refractivity contribution in [1.29, 1.82) is 0 Å². The highest BCUT2D eigenvalue weighted by Gasteiger charge is 2.48. The molecule has 0 amide bonds. The Balaban J connectivity index is 1.35. The summed E-state index contributed by atoms with van der Waals surface area (Å²) in [5.74, 6) is 0.0196. The van der Waals surface area contributed by atoms with Crippen LogP contribution in [0.2, 0.25) is 0 Å². The number of alkyl halides is 2. The number of phenols is 1. The number of aromatic hydroxyl groups is 1. The molecule has 2 aliphatic heterocycles. The lowest BCUT2D eigenvalue weighted by Crippen LogP contribution is -2.47. The predicted octanol–water partition coefficient (Wildman–Crippen LogP) is 3.35. The molecule has 2 saturated heterocycles. The summed E-state index contributed by atoms with van der Waals surface area (Å²) in [5, 5.41) is 26.4. The van der Waals surface area contributed by atoms with E-state index in [1.54, 1.807) is 23.0 Å². The fraction of sp³-hybridized carbons (Fsp3) is 0.450. The van der Waals surface area contributed by atoms with E-state index < -0.39 is 24.0 Å². The molecule has 4 unspecified atom stereocenters. The number of piperidine rings is 1. The Morgan fingerprint density at radius 3 is 2.90 bits per heavy atom. The van der Waals surface area contributed by atoms with E-state index in [4.69, 9.17) is 4.74 Å². The molecule has 30 heavy (non-hydrogen) atoms. The first-order valence-electron chi connectivity index (χ1n) is 9.83. The lowest BCUT2D eigenvalue weighted by Gasteiger charge is -2.30. The molecule has 0 spiro atoms. The van der Waals surface area contributed by atoms with Crippen molar-refractivity contribution in [1.82, 2.24) is 25.3 Å². The van der Waals surface area contributed by atoms with Gasteiger partial charge in [-0.2, -0.15) is 5.10 Å². The van der Waals surface area contributed by atoms with Gasteiger partial charge in [-0.1, -0.05) is 16.4 Å². The second-order valence-electron chi connectivity index (χ2n) is 7.96. The molecule has 10 heteroatoms. The highest BCUT2D eigenvalue weighted by molar-refractivity contribution is 7.16. The van der Waals surface area contributed by atoms with Crippen molar-refractivity contribution in [2.45, 2.75) is 50.2 Å². The fourth-order valence-corrected chi connectivity index (χ4v) is 4.88. The second kappa shape index (κ2) is 7.28. The minimum absolute atomic E-state index is 0.0180. The van der Waals surface area contributed by atoms with Gasteiger partial charge in [-0.25, -0.2) is 13.5 Å². The average molecular weight is 433 g/mol. The minimum Gasteiger partial charge on any atom is -0.507 e. The number of fused-ring (bicyclic) bond motifs is 4. The van der Waals surface area contributed by atoms with Crippen molar-refractivity contribution in [3.05, 3.63) is 36.2 Å². The van der Waals surface area contributed by atoms with Crippen molar-refractivity contribution >= 4 is 11.3 Å². The number of nitrogens with zero attached hydrogens (tertiary/aromatic N) is 4. The quantitative estimate of drug-likeness (QED) is 0.656. The van der Waals surface area contributed by atoms with Gasteiger partial charge < -0.3 is 15.2 Å². The van der Waals surface area contributed by atoms with Crippen LogP contribution in [0.1, 0.15) is 25.0 Å². The highest BCUT2D eigenvalue weighted by Crippen LogP contribution is 2.40. The summed E-state index contributed by atoms with van der Waals surface area (Å²) >= 11 is 1.09. The van der Waals surface area contributed by atoms with Gasteiger partial charge in [0.15, 0.2) is 11.2 Å². The fourth-order valence-electron chi connectivity index (χ4n) is 4.10. The Hall–Kier alpha value is -2.59. The van der Waals surface area contributed by atoms with E-state index >= 15 is 0 Å². The summed E-state index contributed by atoms with van der Waals surface area (Å²) in [6.07, 6.45) is 0.341. The SMILES string of the molecule is Cc1ccn(-c2ccc(-c3nnc(OC4CC5(F)CCC(NC5)C4F)s3)c(O)c2)n1. The Morgan fingerprint density at radius 1 is 1.33 bits per heavy atom. The topological polar surface area (TPSA) is 85.1 Å². The second-order valence-corrected chi connectivity index (χ2v) is 8.90. The molecular formula is C20H21F2N5O2S. The average Bonchev–Trinajstić information content (AvgIpc) is 3.32. The Bertz CT molecular complexity index is 1060. The summed E-state index contributed by atoms with van der Waals surface area (Å²) in [4.78, 5) is 0. The molecule has 2 N–H and O–H groups in total. The summed E-state index contributed by atoms with van der Waals surface area (Å²) in [6, 6.07) is 6.58. The molecule has 2 bridgehead atoms. The number of ether oxygens (including phenoxy) is 1. The number of phenolic OH excluding ortho intramolecular Hbond substituents is 1. The molecule has 3 aromatic rings. The smallest absolute Gasteiger partial charge is 0.294 e. The van der Waals surface area contributed by atoms with E-state index in [1.165, 1.54) is 0 Å². The first-order chi connectivity index (χ1) is 14.4. The number of halogens is 2. The molecule has 7 nitrogen and oxygen atoms in total. The Kier molecular flexibility index (Phi) is 4.70. The van der Waals surface area contributed by atoms with Crippen LogP contribution < -0.4 is 10.1 Å². The molecule has 3 aliphatic rings. The molecule has 6 rings (SSSR count). The molecule has 4 heterocycles. The van der Waals surface area contributed by atoms with Crippen molar-refractivity contribution < 1.29 is 18.6 Å². The first-order valence-corrected chi connectivity index (χ1v) is 10.6. The van der Waals surface area contributed by atoms with E-state index in [9.17, 15) is 13.9 Å². The standard InChI is InChI=1S/C20H21F2N5O2S/c1-11-5-7-27(26-11)12-2-3-13(15(28)8-12)18-24-25-19(30-18)29-16-9-20(22)6-4-14(17(16)21)23-10-20/h2-3,5,7-8,14,16-17,23,28H,4,6,9-10H2,1H3. The minimum atomic E-state index is -1.46. The van der Waals surface area contributed by atoms with Crippen molar-refractivity contribution in [3.63, 3.8) is 0 Å². The lowest BCUT2D eigenvalue weighted by molar-refractivity contribution is 0.0575. The van der Waals surface area contributed by atoms with Gasteiger partial charge in [0, 0.05) is 31.3 Å². The molecule has 0 radical (unpaired) electrons.